The van der Waals surface area contributed by atoms with Gasteiger partial charge in [0, 0.05) is 17.4 Å². The molecule has 5 rings (SSSR count). The quantitative estimate of drug-likeness (QED) is 0.361. The van der Waals surface area contributed by atoms with Crippen LogP contribution in [0.5, 0.6) is 17.2 Å². The standard InChI is InChI=1S/C26H24N4O4S/c1-18-7-10-21(11-8-18)34-16-24-28-29-26(30(24)20-5-3-2-4-6-20)35-17-25(31)27-19-9-12-22-23(15-19)33-14-13-32-22/h2-12,15H,13-14,16-17H2,1H3,(H,27,31). The summed E-state index contributed by atoms with van der Waals surface area (Å²) in [6, 6.07) is 23.0. The van der Waals surface area contributed by atoms with Gasteiger partial charge in [-0.15, -0.1) is 10.2 Å². The number of carbonyl (C=O) groups excluding carboxylic acids is 1. The Bertz CT molecular complexity index is 1310. The lowest BCUT2D eigenvalue weighted by Gasteiger charge is -2.19. The molecule has 2 heterocycles. The van der Waals surface area contributed by atoms with E-state index < -0.39 is 0 Å². The van der Waals surface area contributed by atoms with E-state index in [2.05, 4.69) is 15.5 Å². The molecule has 0 fully saturated rings. The van der Waals surface area contributed by atoms with Crippen LogP contribution in [0.25, 0.3) is 5.69 Å². The average molecular weight is 489 g/mol. The Morgan fingerprint density at radius 3 is 2.57 bits per heavy atom. The third kappa shape index (κ3) is 5.58. The monoisotopic (exact) mass is 488 g/mol. The molecule has 0 aliphatic carbocycles. The van der Waals surface area contributed by atoms with Crippen LogP contribution >= 0.6 is 11.8 Å². The van der Waals surface area contributed by atoms with Crippen LogP contribution in [0.4, 0.5) is 5.69 Å². The van der Waals surface area contributed by atoms with E-state index in [-0.39, 0.29) is 18.3 Å². The maximum absolute atomic E-state index is 12.7. The van der Waals surface area contributed by atoms with Gasteiger partial charge in [0.05, 0.1) is 5.75 Å². The van der Waals surface area contributed by atoms with Crippen LogP contribution in [0, 0.1) is 6.92 Å². The second-order valence-corrected chi connectivity index (χ2v) is 8.81. The number of thioether (sulfide) groups is 1. The van der Waals surface area contributed by atoms with Crippen molar-refractivity contribution in [3.05, 3.63) is 84.2 Å². The summed E-state index contributed by atoms with van der Waals surface area (Å²) in [6.07, 6.45) is 0. The van der Waals surface area contributed by atoms with Gasteiger partial charge in [0.25, 0.3) is 0 Å². The van der Waals surface area contributed by atoms with E-state index in [1.54, 1.807) is 18.2 Å². The number of ether oxygens (including phenoxy) is 3. The van der Waals surface area contributed by atoms with Gasteiger partial charge in [0.1, 0.15) is 25.6 Å². The number of para-hydroxylation sites is 1. The summed E-state index contributed by atoms with van der Waals surface area (Å²) in [6.45, 7) is 3.29. The minimum Gasteiger partial charge on any atom is -0.486 e. The number of fused-ring (bicyclic) bond motifs is 1. The molecule has 1 N–H and O–H groups in total. The Kier molecular flexibility index (Phi) is 6.85. The van der Waals surface area contributed by atoms with Crippen molar-refractivity contribution < 1.29 is 19.0 Å². The van der Waals surface area contributed by atoms with Gasteiger partial charge >= 0.3 is 0 Å². The molecule has 4 aromatic rings. The lowest BCUT2D eigenvalue weighted by Crippen LogP contribution is -2.17. The summed E-state index contributed by atoms with van der Waals surface area (Å²) in [5.74, 6) is 2.71. The zero-order chi connectivity index (χ0) is 24.0. The number of aryl methyl sites for hydroxylation is 1. The van der Waals surface area contributed by atoms with Crippen molar-refractivity contribution in [2.24, 2.45) is 0 Å². The molecule has 0 saturated carbocycles. The fraction of sp³-hybridized carbons (Fsp3) is 0.192. The average Bonchev–Trinajstić information content (AvgIpc) is 3.30. The number of benzene rings is 3. The number of nitrogens with one attached hydrogen (secondary N) is 1. The molecule has 8 nitrogen and oxygen atoms in total. The zero-order valence-corrected chi connectivity index (χ0v) is 20.0. The van der Waals surface area contributed by atoms with E-state index in [0.717, 1.165) is 17.0 Å². The van der Waals surface area contributed by atoms with Gasteiger partial charge in [-0.1, -0.05) is 47.7 Å². The van der Waals surface area contributed by atoms with Crippen molar-refractivity contribution in [3.8, 4) is 22.9 Å². The van der Waals surface area contributed by atoms with Gasteiger partial charge in [-0.05, 0) is 43.3 Å². The smallest absolute Gasteiger partial charge is 0.234 e. The Morgan fingerprint density at radius 1 is 1.00 bits per heavy atom. The van der Waals surface area contributed by atoms with Gasteiger partial charge in [-0.25, -0.2) is 0 Å². The molecular weight excluding hydrogens is 464 g/mol. The van der Waals surface area contributed by atoms with Crippen molar-refractivity contribution >= 4 is 23.4 Å². The third-order valence-corrected chi connectivity index (χ3v) is 6.19. The van der Waals surface area contributed by atoms with Crippen molar-refractivity contribution in [2.45, 2.75) is 18.7 Å². The van der Waals surface area contributed by atoms with Crippen molar-refractivity contribution in [1.82, 2.24) is 14.8 Å². The summed E-state index contributed by atoms with van der Waals surface area (Å²) < 4.78 is 19.0. The maximum atomic E-state index is 12.7. The van der Waals surface area contributed by atoms with Crippen LogP contribution < -0.4 is 19.5 Å². The summed E-state index contributed by atoms with van der Waals surface area (Å²) in [4.78, 5) is 12.7. The summed E-state index contributed by atoms with van der Waals surface area (Å²) in [5, 5.41) is 12.2. The Hall–Kier alpha value is -3.98. The normalized spacial score (nSPS) is 12.3. The van der Waals surface area contributed by atoms with E-state index in [1.165, 1.54) is 11.8 Å². The molecule has 1 aromatic heterocycles. The van der Waals surface area contributed by atoms with Crippen LogP contribution in [0.2, 0.25) is 0 Å². The molecule has 0 unspecified atom stereocenters. The Balaban J connectivity index is 1.28. The molecule has 1 aliphatic heterocycles. The molecule has 1 aliphatic rings. The first-order valence-corrected chi connectivity index (χ1v) is 12.2. The number of anilines is 1. The summed E-state index contributed by atoms with van der Waals surface area (Å²) in [7, 11) is 0. The fourth-order valence-electron chi connectivity index (χ4n) is 3.55. The molecule has 35 heavy (non-hydrogen) atoms. The molecule has 0 saturated heterocycles. The van der Waals surface area contributed by atoms with Crippen LogP contribution in [-0.2, 0) is 11.4 Å². The number of amides is 1. The molecule has 0 bridgehead atoms. The van der Waals surface area contributed by atoms with Crippen molar-refractivity contribution in [3.63, 3.8) is 0 Å². The summed E-state index contributed by atoms with van der Waals surface area (Å²) >= 11 is 1.31. The van der Waals surface area contributed by atoms with Crippen molar-refractivity contribution in [2.75, 3.05) is 24.3 Å². The molecular formula is C26H24N4O4S. The molecule has 0 spiro atoms. The SMILES string of the molecule is Cc1ccc(OCc2nnc(SCC(=O)Nc3ccc4c(c3)OCCO4)n2-c2ccccc2)cc1. The Morgan fingerprint density at radius 2 is 1.77 bits per heavy atom. The first-order valence-electron chi connectivity index (χ1n) is 11.2. The molecule has 3 aromatic carbocycles. The van der Waals surface area contributed by atoms with E-state index in [0.29, 0.717) is 41.4 Å². The number of hydrogen-bond acceptors (Lipinski definition) is 7. The van der Waals surface area contributed by atoms with Gasteiger partial charge in [-0.3, -0.25) is 9.36 Å². The maximum Gasteiger partial charge on any atom is 0.234 e. The molecule has 9 heteroatoms. The largest absolute Gasteiger partial charge is 0.486 e. The van der Waals surface area contributed by atoms with Crippen LogP contribution in [0.15, 0.2) is 78.0 Å². The first-order chi connectivity index (χ1) is 17.2. The minimum atomic E-state index is -0.160. The number of rotatable bonds is 8. The summed E-state index contributed by atoms with van der Waals surface area (Å²) in [5.41, 5.74) is 2.71. The highest BCUT2D eigenvalue weighted by molar-refractivity contribution is 7.99. The van der Waals surface area contributed by atoms with Gasteiger partial charge in [0.15, 0.2) is 22.5 Å². The van der Waals surface area contributed by atoms with Gasteiger partial charge in [-0.2, -0.15) is 0 Å². The lowest BCUT2D eigenvalue weighted by molar-refractivity contribution is -0.113. The van der Waals surface area contributed by atoms with E-state index >= 15 is 0 Å². The van der Waals surface area contributed by atoms with E-state index in [9.17, 15) is 4.79 Å². The fourth-order valence-corrected chi connectivity index (χ4v) is 4.33. The third-order valence-electron chi connectivity index (χ3n) is 5.26. The van der Waals surface area contributed by atoms with Crippen LogP contribution in [0.3, 0.4) is 0 Å². The van der Waals surface area contributed by atoms with Crippen LogP contribution in [0.1, 0.15) is 11.4 Å². The highest BCUT2D eigenvalue weighted by Crippen LogP contribution is 2.32. The molecule has 0 radical (unpaired) electrons. The highest BCUT2D eigenvalue weighted by Gasteiger charge is 2.17. The molecule has 178 valence electrons. The lowest BCUT2D eigenvalue weighted by atomic mass is 10.2. The van der Waals surface area contributed by atoms with Crippen LogP contribution in [-0.4, -0.2) is 39.6 Å². The minimum absolute atomic E-state index is 0.160. The van der Waals surface area contributed by atoms with Crippen molar-refractivity contribution in [1.29, 1.82) is 0 Å². The van der Waals surface area contributed by atoms with Gasteiger partial charge in [0.2, 0.25) is 5.91 Å². The second-order valence-electron chi connectivity index (χ2n) is 7.87. The van der Waals surface area contributed by atoms with Gasteiger partial charge < -0.3 is 19.5 Å². The predicted molar refractivity (Wildman–Crippen MR) is 134 cm³/mol. The number of carbonyl (C=O) groups is 1. The number of nitrogens with zero attached hydrogens (tertiary/aromatic N) is 3. The van der Waals surface area contributed by atoms with E-state index in [1.807, 2.05) is 66.1 Å². The first kappa shape index (κ1) is 22.8. The van der Waals surface area contributed by atoms with E-state index in [4.69, 9.17) is 14.2 Å². The topological polar surface area (TPSA) is 87.5 Å². The predicted octanol–water partition coefficient (Wildman–Crippen LogP) is 4.66. The highest BCUT2D eigenvalue weighted by atomic mass is 32.2. The number of aromatic nitrogens is 3. The molecule has 0 atom stereocenters. The molecule has 1 amide bonds. The Labute approximate surface area is 207 Å². The zero-order valence-electron chi connectivity index (χ0n) is 19.1. The number of hydrogen-bond donors (Lipinski definition) is 1. The second kappa shape index (κ2) is 10.5.